The van der Waals surface area contributed by atoms with Crippen LogP contribution < -0.4 is 0 Å². The molecule has 2 unspecified atom stereocenters. The highest BCUT2D eigenvalue weighted by molar-refractivity contribution is 7.92. The lowest BCUT2D eigenvalue weighted by atomic mass is 9.93. The molecule has 32 heavy (non-hydrogen) atoms. The third-order valence-corrected chi connectivity index (χ3v) is 8.34. The second kappa shape index (κ2) is 8.19. The Hall–Kier alpha value is -2.38. The number of halogens is 3. The van der Waals surface area contributed by atoms with E-state index in [9.17, 15) is 26.9 Å². The van der Waals surface area contributed by atoms with Crippen molar-refractivity contribution in [3.05, 3.63) is 47.3 Å². The molecule has 1 fully saturated rings. The fourth-order valence-corrected chi connectivity index (χ4v) is 5.73. The number of alkyl halides is 3. The first-order chi connectivity index (χ1) is 14.7. The number of benzene rings is 1. The van der Waals surface area contributed by atoms with Crippen molar-refractivity contribution in [1.29, 1.82) is 5.26 Å². The second-order valence-corrected chi connectivity index (χ2v) is 11.7. The highest BCUT2D eigenvalue weighted by atomic mass is 32.2. The Balaban J connectivity index is 2.02. The molecular weight excluding hydrogens is 443 g/mol. The average molecular weight is 470 g/mol. The molecule has 0 N–H and O–H groups in total. The zero-order valence-corrected chi connectivity index (χ0v) is 19.2. The van der Waals surface area contributed by atoms with Gasteiger partial charge in [0.1, 0.15) is 6.10 Å². The van der Waals surface area contributed by atoms with Gasteiger partial charge in [0.2, 0.25) is 0 Å². The Bertz CT molecular complexity index is 1150. The number of rotatable bonds is 5. The fourth-order valence-electron chi connectivity index (χ4n) is 3.84. The number of aryl methyl sites for hydroxylation is 1. The fraction of sp³-hybridized carbons (Fsp3) is 0.545. The quantitative estimate of drug-likeness (QED) is 0.625. The summed E-state index contributed by atoms with van der Waals surface area (Å²) in [6.45, 7) is 6.57. The molecule has 0 aliphatic carbocycles. The standard InChI is InChI=1S/C22H26F3N3O3S/c1-15-6-5-7-16(10-15)32(29,30)21(4)8-9-31-18(12-21)17-11-19(22(23,24)25)27-28(17)14-20(2,3)13-26/h5-7,10-11,18H,8-9,12,14H2,1-4H3. The first-order valence-corrected chi connectivity index (χ1v) is 11.7. The minimum absolute atomic E-state index is 0.0285. The van der Waals surface area contributed by atoms with Gasteiger partial charge in [0.25, 0.3) is 0 Å². The average Bonchev–Trinajstić information content (AvgIpc) is 3.11. The number of aromatic nitrogens is 2. The predicted octanol–water partition coefficient (Wildman–Crippen LogP) is 4.84. The van der Waals surface area contributed by atoms with Crippen molar-refractivity contribution >= 4 is 9.84 Å². The van der Waals surface area contributed by atoms with Gasteiger partial charge in [0.05, 0.1) is 33.4 Å². The molecule has 1 saturated heterocycles. The van der Waals surface area contributed by atoms with Gasteiger partial charge < -0.3 is 4.74 Å². The van der Waals surface area contributed by atoms with Crippen LogP contribution in [0.4, 0.5) is 13.2 Å². The zero-order valence-electron chi connectivity index (χ0n) is 18.4. The minimum Gasteiger partial charge on any atom is -0.372 e. The van der Waals surface area contributed by atoms with Crippen LogP contribution in [0.25, 0.3) is 0 Å². The van der Waals surface area contributed by atoms with Crippen molar-refractivity contribution in [3.8, 4) is 6.07 Å². The lowest BCUT2D eigenvalue weighted by Gasteiger charge is -2.38. The third-order valence-electron chi connectivity index (χ3n) is 5.79. The summed E-state index contributed by atoms with van der Waals surface area (Å²) in [5.74, 6) is 0. The van der Waals surface area contributed by atoms with Crippen LogP contribution in [0.5, 0.6) is 0 Å². The molecule has 6 nitrogen and oxygen atoms in total. The van der Waals surface area contributed by atoms with Crippen molar-refractivity contribution < 1.29 is 26.3 Å². The summed E-state index contributed by atoms with van der Waals surface area (Å²) < 4.78 is 72.7. The van der Waals surface area contributed by atoms with Crippen LogP contribution in [-0.2, 0) is 27.3 Å². The molecule has 1 aromatic carbocycles. The molecule has 2 atom stereocenters. The first-order valence-electron chi connectivity index (χ1n) is 10.2. The van der Waals surface area contributed by atoms with Crippen LogP contribution in [-0.4, -0.2) is 29.6 Å². The summed E-state index contributed by atoms with van der Waals surface area (Å²) in [6, 6.07) is 9.52. The maximum Gasteiger partial charge on any atom is 0.435 e. The monoisotopic (exact) mass is 469 g/mol. The Kier molecular flexibility index (Phi) is 6.21. The van der Waals surface area contributed by atoms with Crippen molar-refractivity contribution in [2.45, 2.75) is 69.0 Å². The molecule has 1 aliphatic heterocycles. The van der Waals surface area contributed by atoms with E-state index in [2.05, 4.69) is 11.2 Å². The molecule has 0 radical (unpaired) electrons. The number of nitriles is 1. The molecule has 0 bridgehead atoms. The summed E-state index contributed by atoms with van der Waals surface area (Å²) in [7, 11) is -3.78. The largest absolute Gasteiger partial charge is 0.435 e. The Morgan fingerprint density at radius 3 is 2.59 bits per heavy atom. The van der Waals surface area contributed by atoms with E-state index in [0.717, 1.165) is 16.3 Å². The third kappa shape index (κ3) is 4.69. The lowest BCUT2D eigenvalue weighted by Crippen LogP contribution is -2.42. The van der Waals surface area contributed by atoms with Crippen molar-refractivity contribution in [2.75, 3.05) is 6.61 Å². The number of hydrogen-bond donors (Lipinski definition) is 0. The number of nitrogens with zero attached hydrogens (tertiary/aromatic N) is 3. The van der Waals surface area contributed by atoms with Crippen LogP contribution in [0.2, 0.25) is 0 Å². The maximum absolute atomic E-state index is 13.5. The van der Waals surface area contributed by atoms with Gasteiger partial charge in [-0.1, -0.05) is 12.1 Å². The lowest BCUT2D eigenvalue weighted by molar-refractivity contribution is -0.141. The van der Waals surface area contributed by atoms with Crippen molar-refractivity contribution in [3.63, 3.8) is 0 Å². The second-order valence-electron chi connectivity index (χ2n) is 9.19. The van der Waals surface area contributed by atoms with Gasteiger partial charge in [-0.3, -0.25) is 4.68 Å². The van der Waals surface area contributed by atoms with E-state index < -0.39 is 38.0 Å². The topological polar surface area (TPSA) is 85.0 Å². The summed E-state index contributed by atoms with van der Waals surface area (Å²) in [5.41, 5.74) is -1.16. The van der Waals surface area contributed by atoms with Gasteiger partial charge in [0, 0.05) is 6.61 Å². The van der Waals surface area contributed by atoms with E-state index in [1.165, 1.54) is 6.07 Å². The van der Waals surface area contributed by atoms with E-state index in [0.29, 0.717) is 0 Å². The molecule has 1 aliphatic rings. The number of sulfone groups is 1. The van der Waals surface area contributed by atoms with Crippen molar-refractivity contribution in [1.82, 2.24) is 9.78 Å². The summed E-state index contributed by atoms with van der Waals surface area (Å²) >= 11 is 0. The van der Waals surface area contributed by atoms with Crippen molar-refractivity contribution in [2.24, 2.45) is 5.41 Å². The molecule has 174 valence electrons. The van der Waals surface area contributed by atoms with Crippen LogP contribution in [0.3, 0.4) is 0 Å². The Labute approximate surface area is 185 Å². The van der Waals surface area contributed by atoms with Crippen LogP contribution >= 0.6 is 0 Å². The van der Waals surface area contributed by atoms with E-state index in [1.807, 2.05) is 0 Å². The van der Waals surface area contributed by atoms with Gasteiger partial charge in [-0.05, 0) is 64.3 Å². The number of ether oxygens (including phenoxy) is 1. The van der Waals surface area contributed by atoms with Gasteiger partial charge in [-0.2, -0.15) is 23.5 Å². The Morgan fingerprint density at radius 2 is 2.00 bits per heavy atom. The molecular formula is C22H26F3N3O3S. The SMILES string of the molecule is Cc1cccc(S(=O)(=O)C2(C)CCOC(c3cc(C(F)(F)F)nn3CC(C)(C)C#N)C2)c1. The van der Waals surface area contributed by atoms with Gasteiger partial charge in [-0.25, -0.2) is 8.42 Å². The normalized spacial score (nSPS) is 22.5. The molecule has 2 heterocycles. The molecule has 0 saturated carbocycles. The van der Waals surface area contributed by atoms with Gasteiger partial charge in [0.15, 0.2) is 15.5 Å². The number of hydrogen-bond acceptors (Lipinski definition) is 5. The molecule has 0 spiro atoms. The molecule has 1 aromatic heterocycles. The van der Waals surface area contributed by atoms with Crippen LogP contribution in [0.1, 0.15) is 56.7 Å². The minimum atomic E-state index is -4.68. The van der Waals surface area contributed by atoms with Crippen LogP contribution in [0, 0.1) is 23.7 Å². The highest BCUT2D eigenvalue weighted by Crippen LogP contribution is 2.43. The van der Waals surface area contributed by atoms with E-state index in [4.69, 9.17) is 4.74 Å². The van der Waals surface area contributed by atoms with Gasteiger partial charge >= 0.3 is 6.18 Å². The van der Waals surface area contributed by atoms with E-state index >= 15 is 0 Å². The molecule has 0 amide bonds. The highest BCUT2D eigenvalue weighted by Gasteiger charge is 2.46. The Morgan fingerprint density at radius 1 is 1.31 bits per heavy atom. The van der Waals surface area contributed by atoms with E-state index in [-0.39, 0.29) is 36.6 Å². The smallest absolute Gasteiger partial charge is 0.372 e. The van der Waals surface area contributed by atoms with Crippen LogP contribution in [0.15, 0.2) is 35.2 Å². The molecule has 3 rings (SSSR count). The predicted molar refractivity (Wildman–Crippen MR) is 111 cm³/mol. The summed E-state index contributed by atoms with van der Waals surface area (Å²) in [4.78, 5) is 0.177. The summed E-state index contributed by atoms with van der Waals surface area (Å²) in [6.07, 6.45) is -5.41. The van der Waals surface area contributed by atoms with Gasteiger partial charge in [-0.15, -0.1) is 0 Å². The van der Waals surface area contributed by atoms with E-state index in [1.54, 1.807) is 45.9 Å². The molecule has 10 heteroatoms. The summed E-state index contributed by atoms with van der Waals surface area (Å²) in [5, 5.41) is 13.0. The zero-order chi connectivity index (χ0) is 23.9. The first kappa shape index (κ1) is 24.3. The maximum atomic E-state index is 13.5. The molecule has 2 aromatic rings.